The maximum absolute atomic E-state index is 13.4. The van der Waals surface area contributed by atoms with Crippen LogP contribution in [0, 0.1) is 6.92 Å². The molecule has 5 heteroatoms. The summed E-state index contributed by atoms with van der Waals surface area (Å²) in [5, 5.41) is 0. The highest BCUT2D eigenvalue weighted by atomic mass is 32.2. The number of hydrogen-bond acceptors (Lipinski definition) is 3. The average Bonchev–Trinajstić information content (AvgIpc) is 3.16. The lowest BCUT2D eigenvalue weighted by molar-refractivity contribution is 0.0497. The van der Waals surface area contributed by atoms with Gasteiger partial charge in [-0.2, -0.15) is 0 Å². The van der Waals surface area contributed by atoms with Crippen molar-refractivity contribution in [1.82, 2.24) is 9.80 Å². The SMILES string of the molecule is Cc1ccccc1C(=O)N1CCC2(CC1)SCCN2C(=O)c1ccc(C(C)(C)C)cc1. The lowest BCUT2D eigenvalue weighted by Crippen LogP contribution is -2.53. The van der Waals surface area contributed by atoms with Crippen molar-refractivity contribution in [3.63, 3.8) is 0 Å². The number of carbonyl (C=O) groups excluding carboxylic acids is 2. The van der Waals surface area contributed by atoms with E-state index in [1.165, 1.54) is 5.56 Å². The second-order valence-electron chi connectivity index (χ2n) is 9.69. The van der Waals surface area contributed by atoms with E-state index in [9.17, 15) is 9.59 Å². The Morgan fingerprint density at radius 1 is 0.903 bits per heavy atom. The molecule has 0 aliphatic carbocycles. The number of piperidine rings is 1. The van der Waals surface area contributed by atoms with Crippen LogP contribution >= 0.6 is 11.8 Å². The molecule has 2 aliphatic rings. The predicted octanol–water partition coefficient (Wildman–Crippen LogP) is 5.11. The molecule has 2 aromatic carbocycles. The van der Waals surface area contributed by atoms with Gasteiger partial charge in [-0.25, -0.2) is 0 Å². The zero-order valence-corrected chi connectivity index (χ0v) is 19.8. The predicted molar refractivity (Wildman–Crippen MR) is 128 cm³/mol. The first-order chi connectivity index (χ1) is 14.7. The van der Waals surface area contributed by atoms with Crippen molar-refractivity contribution in [1.29, 1.82) is 0 Å². The molecule has 1 spiro atoms. The molecule has 164 valence electrons. The van der Waals surface area contributed by atoms with E-state index >= 15 is 0 Å². The number of thioether (sulfide) groups is 1. The minimum absolute atomic E-state index is 0.0722. The molecule has 4 rings (SSSR count). The maximum atomic E-state index is 13.4. The third-order valence-corrected chi connectivity index (χ3v) is 8.18. The number of carbonyl (C=O) groups is 2. The first kappa shape index (κ1) is 21.9. The number of benzene rings is 2. The summed E-state index contributed by atoms with van der Waals surface area (Å²) in [4.78, 5) is 30.2. The van der Waals surface area contributed by atoms with Gasteiger partial charge in [0, 0.05) is 36.5 Å². The van der Waals surface area contributed by atoms with Gasteiger partial charge in [0.2, 0.25) is 0 Å². The van der Waals surface area contributed by atoms with Gasteiger partial charge in [-0.05, 0) is 54.5 Å². The fourth-order valence-electron chi connectivity index (χ4n) is 4.62. The molecule has 4 nitrogen and oxygen atoms in total. The van der Waals surface area contributed by atoms with Crippen LogP contribution < -0.4 is 0 Å². The number of amides is 2. The maximum Gasteiger partial charge on any atom is 0.254 e. The second-order valence-corrected chi connectivity index (χ2v) is 11.1. The van der Waals surface area contributed by atoms with Crippen LogP contribution in [0.4, 0.5) is 0 Å². The summed E-state index contributed by atoms with van der Waals surface area (Å²) >= 11 is 1.88. The summed E-state index contributed by atoms with van der Waals surface area (Å²) in [6, 6.07) is 15.9. The Morgan fingerprint density at radius 3 is 2.16 bits per heavy atom. The molecule has 0 radical (unpaired) electrons. The van der Waals surface area contributed by atoms with Crippen LogP contribution in [0.3, 0.4) is 0 Å². The van der Waals surface area contributed by atoms with Crippen LogP contribution in [-0.2, 0) is 5.41 Å². The molecule has 31 heavy (non-hydrogen) atoms. The highest BCUT2D eigenvalue weighted by molar-refractivity contribution is 8.00. The molecule has 0 unspecified atom stereocenters. The zero-order valence-electron chi connectivity index (χ0n) is 19.0. The Morgan fingerprint density at radius 2 is 1.55 bits per heavy atom. The summed E-state index contributed by atoms with van der Waals surface area (Å²) in [5.41, 5.74) is 3.86. The van der Waals surface area contributed by atoms with E-state index < -0.39 is 0 Å². The topological polar surface area (TPSA) is 40.6 Å². The standard InChI is InChI=1S/C26H32N2O2S/c1-19-7-5-6-8-22(19)24(30)27-15-13-26(14-16-27)28(17-18-31-26)23(29)20-9-11-21(12-10-20)25(2,3)4/h5-12H,13-18H2,1-4H3. The summed E-state index contributed by atoms with van der Waals surface area (Å²) in [6.07, 6.45) is 1.64. The average molecular weight is 437 g/mol. The van der Waals surface area contributed by atoms with Gasteiger partial charge < -0.3 is 9.80 Å². The van der Waals surface area contributed by atoms with E-state index in [-0.39, 0.29) is 22.1 Å². The van der Waals surface area contributed by atoms with Gasteiger partial charge in [-0.15, -0.1) is 11.8 Å². The van der Waals surface area contributed by atoms with Crippen LogP contribution in [0.2, 0.25) is 0 Å². The zero-order chi connectivity index (χ0) is 22.2. The normalized spacial score (nSPS) is 18.5. The lowest BCUT2D eigenvalue weighted by Gasteiger charge is -2.44. The summed E-state index contributed by atoms with van der Waals surface area (Å²) in [6.45, 7) is 10.7. The molecule has 2 saturated heterocycles. The van der Waals surface area contributed by atoms with Crippen molar-refractivity contribution in [3.05, 3.63) is 70.8 Å². The van der Waals surface area contributed by atoms with Crippen molar-refractivity contribution in [3.8, 4) is 0 Å². The molecule has 2 heterocycles. The van der Waals surface area contributed by atoms with Gasteiger partial charge in [0.05, 0.1) is 4.87 Å². The highest BCUT2D eigenvalue weighted by Gasteiger charge is 2.47. The highest BCUT2D eigenvalue weighted by Crippen LogP contribution is 2.44. The first-order valence-corrected chi connectivity index (χ1v) is 12.1. The first-order valence-electron chi connectivity index (χ1n) is 11.1. The van der Waals surface area contributed by atoms with Crippen LogP contribution in [-0.4, -0.2) is 51.9 Å². The van der Waals surface area contributed by atoms with Crippen LogP contribution in [0.5, 0.6) is 0 Å². The van der Waals surface area contributed by atoms with Crippen LogP contribution in [0.15, 0.2) is 48.5 Å². The van der Waals surface area contributed by atoms with E-state index in [4.69, 9.17) is 0 Å². The minimum Gasteiger partial charge on any atom is -0.338 e. The number of rotatable bonds is 2. The molecular weight excluding hydrogens is 404 g/mol. The van der Waals surface area contributed by atoms with Crippen molar-refractivity contribution in [2.24, 2.45) is 0 Å². The fourth-order valence-corrected chi connectivity index (χ4v) is 6.08. The molecule has 0 atom stereocenters. The van der Waals surface area contributed by atoms with E-state index in [0.29, 0.717) is 13.1 Å². The third-order valence-electron chi connectivity index (χ3n) is 6.63. The van der Waals surface area contributed by atoms with Crippen molar-refractivity contribution in [2.75, 3.05) is 25.4 Å². The second kappa shape index (κ2) is 8.34. The number of nitrogens with zero attached hydrogens (tertiary/aromatic N) is 2. The third kappa shape index (κ3) is 4.25. The van der Waals surface area contributed by atoms with E-state index in [1.807, 2.05) is 60.0 Å². The van der Waals surface area contributed by atoms with E-state index in [0.717, 1.165) is 41.8 Å². The van der Waals surface area contributed by atoms with Gasteiger partial charge >= 0.3 is 0 Å². The van der Waals surface area contributed by atoms with Gasteiger partial charge in [0.15, 0.2) is 0 Å². The van der Waals surface area contributed by atoms with E-state index in [2.05, 4.69) is 37.8 Å². The molecule has 2 fully saturated rings. The van der Waals surface area contributed by atoms with Gasteiger partial charge in [-0.3, -0.25) is 9.59 Å². The summed E-state index contributed by atoms with van der Waals surface area (Å²) in [7, 11) is 0. The molecule has 0 aromatic heterocycles. The molecule has 0 bridgehead atoms. The number of aryl methyl sites for hydroxylation is 1. The Balaban J connectivity index is 1.47. The Labute approximate surface area is 190 Å². The van der Waals surface area contributed by atoms with Crippen LogP contribution in [0.25, 0.3) is 0 Å². The fraction of sp³-hybridized carbons (Fsp3) is 0.462. The smallest absolute Gasteiger partial charge is 0.254 e. The minimum atomic E-state index is -0.192. The van der Waals surface area contributed by atoms with Crippen molar-refractivity contribution in [2.45, 2.75) is 50.8 Å². The molecule has 0 saturated carbocycles. The summed E-state index contributed by atoms with van der Waals surface area (Å²) < 4.78 is 0. The number of likely N-dealkylation sites (tertiary alicyclic amines) is 1. The molecular formula is C26H32N2O2S. The van der Waals surface area contributed by atoms with Gasteiger partial charge in [0.25, 0.3) is 11.8 Å². The van der Waals surface area contributed by atoms with Gasteiger partial charge in [0.1, 0.15) is 0 Å². The summed E-state index contributed by atoms with van der Waals surface area (Å²) in [5.74, 6) is 1.17. The molecule has 2 amide bonds. The lowest BCUT2D eigenvalue weighted by atomic mass is 9.86. The molecule has 0 N–H and O–H groups in total. The van der Waals surface area contributed by atoms with Gasteiger partial charge in [-0.1, -0.05) is 51.1 Å². The van der Waals surface area contributed by atoms with Crippen molar-refractivity contribution < 1.29 is 9.59 Å². The van der Waals surface area contributed by atoms with Crippen molar-refractivity contribution >= 4 is 23.6 Å². The largest absolute Gasteiger partial charge is 0.338 e. The Bertz CT molecular complexity index is 970. The Kier molecular flexibility index (Phi) is 5.91. The number of hydrogen-bond donors (Lipinski definition) is 0. The van der Waals surface area contributed by atoms with E-state index in [1.54, 1.807) is 0 Å². The van der Waals surface area contributed by atoms with Crippen LogP contribution in [0.1, 0.15) is 65.5 Å². The monoisotopic (exact) mass is 436 g/mol. The Hall–Kier alpha value is -2.27. The molecule has 2 aromatic rings. The quantitative estimate of drug-likeness (QED) is 0.656. The molecule has 2 aliphatic heterocycles.